The van der Waals surface area contributed by atoms with Crippen molar-refractivity contribution < 1.29 is 4.79 Å². The van der Waals surface area contributed by atoms with Gasteiger partial charge in [0.25, 0.3) is 5.91 Å². The minimum atomic E-state index is -0.0660. The highest BCUT2D eigenvalue weighted by molar-refractivity contribution is 5.94. The summed E-state index contributed by atoms with van der Waals surface area (Å²) in [5.41, 5.74) is 1.44. The molecule has 7 nitrogen and oxygen atoms in total. The molecule has 1 saturated heterocycles. The summed E-state index contributed by atoms with van der Waals surface area (Å²) in [6, 6.07) is 11.1. The van der Waals surface area contributed by atoms with Crippen LogP contribution in [0, 0.1) is 6.92 Å². The van der Waals surface area contributed by atoms with Gasteiger partial charge in [0.2, 0.25) is 0 Å². The highest BCUT2D eigenvalue weighted by Crippen LogP contribution is 2.33. The molecule has 0 bridgehead atoms. The number of anilines is 2. The van der Waals surface area contributed by atoms with Crippen LogP contribution in [0.4, 0.5) is 11.6 Å². The van der Waals surface area contributed by atoms with Gasteiger partial charge in [-0.25, -0.2) is 15.0 Å². The first-order valence-corrected chi connectivity index (χ1v) is 8.95. The summed E-state index contributed by atoms with van der Waals surface area (Å²) < 4.78 is 0. The normalized spacial score (nSPS) is 16.3. The smallest absolute Gasteiger partial charge is 0.255 e. The number of hydrogen-bond acceptors (Lipinski definition) is 6. The predicted octanol–water partition coefficient (Wildman–Crippen LogP) is 3.30. The second kappa shape index (κ2) is 7.49. The van der Waals surface area contributed by atoms with Crippen LogP contribution in [0.25, 0.3) is 0 Å². The van der Waals surface area contributed by atoms with Crippen molar-refractivity contribution in [3.8, 4) is 0 Å². The Morgan fingerprint density at radius 2 is 2.07 bits per heavy atom. The van der Waals surface area contributed by atoms with Crippen molar-refractivity contribution in [2.75, 3.05) is 11.9 Å². The maximum atomic E-state index is 12.9. The monoisotopic (exact) mass is 360 g/mol. The number of amides is 1. The molecule has 0 radical (unpaired) electrons. The molecule has 1 N–H and O–H groups in total. The molecule has 3 aromatic heterocycles. The van der Waals surface area contributed by atoms with Crippen LogP contribution >= 0.6 is 0 Å². The third kappa shape index (κ3) is 3.76. The van der Waals surface area contributed by atoms with Crippen LogP contribution in [0.5, 0.6) is 0 Å². The average Bonchev–Trinajstić information content (AvgIpc) is 3.18. The molecule has 27 heavy (non-hydrogen) atoms. The van der Waals surface area contributed by atoms with E-state index in [2.05, 4.69) is 25.3 Å². The van der Waals surface area contributed by atoms with Crippen molar-refractivity contribution in [3.63, 3.8) is 0 Å². The molecule has 0 aromatic carbocycles. The van der Waals surface area contributed by atoms with E-state index in [0.717, 1.165) is 24.4 Å². The Kier molecular flexibility index (Phi) is 4.74. The molecule has 7 heteroatoms. The topological polar surface area (TPSA) is 83.9 Å². The fourth-order valence-corrected chi connectivity index (χ4v) is 3.37. The van der Waals surface area contributed by atoms with Crippen LogP contribution in [0.1, 0.15) is 40.8 Å². The van der Waals surface area contributed by atoms with Crippen molar-refractivity contribution in [1.82, 2.24) is 24.8 Å². The highest BCUT2D eigenvalue weighted by atomic mass is 16.2. The summed E-state index contributed by atoms with van der Waals surface area (Å²) in [6.45, 7) is 2.57. The standard InChI is InChI=1S/C20H20N6O/c1-14-23-16(12-19(24-14)25-18-8-2-3-10-22-18)17-7-5-11-26(17)20(27)15-6-4-9-21-13-15/h2-4,6,8-10,12-13,17H,5,7,11H2,1H3,(H,22,23,24,25)/t17-/m1/s1. The van der Waals surface area contributed by atoms with Crippen LogP contribution in [0.2, 0.25) is 0 Å². The Morgan fingerprint density at radius 3 is 2.85 bits per heavy atom. The van der Waals surface area contributed by atoms with Crippen molar-refractivity contribution in [2.24, 2.45) is 0 Å². The Hall–Kier alpha value is -3.35. The van der Waals surface area contributed by atoms with Crippen LogP contribution in [-0.2, 0) is 0 Å². The molecular weight excluding hydrogens is 340 g/mol. The van der Waals surface area contributed by atoms with Gasteiger partial charge in [0.1, 0.15) is 17.5 Å². The minimum Gasteiger partial charge on any atom is -0.330 e. The van der Waals surface area contributed by atoms with Gasteiger partial charge >= 0.3 is 0 Å². The second-order valence-electron chi connectivity index (χ2n) is 6.46. The third-order valence-electron chi connectivity index (χ3n) is 4.54. The molecule has 1 atom stereocenters. The number of aromatic nitrogens is 4. The number of rotatable bonds is 4. The molecule has 4 heterocycles. The maximum Gasteiger partial charge on any atom is 0.255 e. The summed E-state index contributed by atoms with van der Waals surface area (Å²) in [7, 11) is 0. The summed E-state index contributed by atoms with van der Waals surface area (Å²) in [5, 5.41) is 3.21. The molecule has 136 valence electrons. The molecule has 4 rings (SSSR count). The number of nitrogens with one attached hydrogen (secondary N) is 1. The van der Waals surface area contributed by atoms with Gasteiger partial charge in [-0.15, -0.1) is 0 Å². The van der Waals surface area contributed by atoms with E-state index in [-0.39, 0.29) is 11.9 Å². The van der Waals surface area contributed by atoms with Gasteiger partial charge in [-0.2, -0.15) is 0 Å². The number of likely N-dealkylation sites (tertiary alicyclic amines) is 1. The molecule has 0 aliphatic carbocycles. The Labute approximate surface area is 157 Å². The Balaban J connectivity index is 1.61. The first kappa shape index (κ1) is 17.1. The highest BCUT2D eigenvalue weighted by Gasteiger charge is 2.32. The van der Waals surface area contributed by atoms with Gasteiger partial charge in [-0.3, -0.25) is 9.78 Å². The van der Waals surface area contributed by atoms with Gasteiger partial charge in [-0.05, 0) is 44.0 Å². The van der Waals surface area contributed by atoms with E-state index >= 15 is 0 Å². The van der Waals surface area contributed by atoms with E-state index < -0.39 is 0 Å². The van der Waals surface area contributed by atoms with Crippen LogP contribution < -0.4 is 5.32 Å². The Morgan fingerprint density at radius 1 is 1.15 bits per heavy atom. The lowest BCUT2D eigenvalue weighted by molar-refractivity contribution is 0.0732. The quantitative estimate of drug-likeness (QED) is 0.768. The molecule has 1 fully saturated rings. The van der Waals surface area contributed by atoms with Gasteiger partial charge in [0.05, 0.1) is 17.3 Å². The summed E-state index contributed by atoms with van der Waals surface area (Å²) in [4.78, 5) is 32.2. The van der Waals surface area contributed by atoms with Crippen molar-refractivity contribution >= 4 is 17.5 Å². The van der Waals surface area contributed by atoms with E-state index in [0.29, 0.717) is 23.8 Å². The van der Waals surface area contributed by atoms with Crippen molar-refractivity contribution in [3.05, 3.63) is 72.1 Å². The van der Waals surface area contributed by atoms with E-state index in [9.17, 15) is 4.79 Å². The molecule has 0 unspecified atom stereocenters. The molecule has 1 aliphatic rings. The number of pyridine rings is 2. The summed E-state index contributed by atoms with van der Waals surface area (Å²) in [5.74, 6) is 2.04. The fourth-order valence-electron chi connectivity index (χ4n) is 3.37. The first-order valence-electron chi connectivity index (χ1n) is 8.95. The molecule has 0 saturated carbocycles. The maximum absolute atomic E-state index is 12.9. The molecule has 3 aromatic rings. The second-order valence-corrected chi connectivity index (χ2v) is 6.46. The average molecular weight is 360 g/mol. The van der Waals surface area contributed by atoms with Crippen LogP contribution in [0.15, 0.2) is 55.0 Å². The first-order chi connectivity index (χ1) is 13.2. The number of nitrogens with zero attached hydrogens (tertiary/aromatic N) is 5. The minimum absolute atomic E-state index is 0.0129. The molecule has 1 aliphatic heterocycles. The van der Waals surface area contributed by atoms with Crippen LogP contribution in [0.3, 0.4) is 0 Å². The summed E-state index contributed by atoms with van der Waals surface area (Å²) in [6.07, 6.45) is 6.83. The zero-order valence-electron chi connectivity index (χ0n) is 15.0. The van der Waals surface area contributed by atoms with Crippen molar-refractivity contribution in [1.29, 1.82) is 0 Å². The lowest BCUT2D eigenvalue weighted by atomic mass is 10.1. The van der Waals surface area contributed by atoms with E-state index in [1.54, 1.807) is 30.7 Å². The predicted molar refractivity (Wildman–Crippen MR) is 102 cm³/mol. The van der Waals surface area contributed by atoms with Crippen molar-refractivity contribution in [2.45, 2.75) is 25.8 Å². The third-order valence-corrected chi connectivity index (χ3v) is 4.54. The van der Waals surface area contributed by atoms with E-state index in [1.165, 1.54) is 0 Å². The zero-order chi connectivity index (χ0) is 18.6. The molecule has 0 spiro atoms. The lowest BCUT2D eigenvalue weighted by Gasteiger charge is -2.24. The van der Waals surface area contributed by atoms with Crippen LogP contribution in [-0.4, -0.2) is 37.3 Å². The number of hydrogen-bond donors (Lipinski definition) is 1. The lowest BCUT2D eigenvalue weighted by Crippen LogP contribution is -2.31. The fraction of sp³-hybridized carbons (Fsp3) is 0.250. The number of aryl methyl sites for hydroxylation is 1. The molecular formula is C20H20N6O. The SMILES string of the molecule is Cc1nc(Nc2ccccn2)cc([C@H]2CCCN2C(=O)c2cccnc2)n1. The van der Waals surface area contributed by atoms with E-state index in [1.807, 2.05) is 36.1 Å². The summed E-state index contributed by atoms with van der Waals surface area (Å²) >= 11 is 0. The number of carbonyl (C=O) groups is 1. The number of carbonyl (C=O) groups excluding carboxylic acids is 1. The largest absolute Gasteiger partial charge is 0.330 e. The van der Waals surface area contributed by atoms with Gasteiger partial charge in [0.15, 0.2) is 0 Å². The van der Waals surface area contributed by atoms with E-state index in [4.69, 9.17) is 0 Å². The zero-order valence-corrected chi connectivity index (χ0v) is 15.0. The van der Waals surface area contributed by atoms with Gasteiger partial charge in [0, 0.05) is 31.2 Å². The molecule has 1 amide bonds. The van der Waals surface area contributed by atoms with Gasteiger partial charge in [-0.1, -0.05) is 6.07 Å². The Bertz CT molecular complexity index is 932. The van der Waals surface area contributed by atoms with Gasteiger partial charge < -0.3 is 10.2 Å².